The topological polar surface area (TPSA) is 44.4 Å². The lowest BCUT2D eigenvalue weighted by Gasteiger charge is -2.26. The van der Waals surface area contributed by atoms with E-state index in [-0.39, 0.29) is 5.91 Å². The van der Waals surface area contributed by atoms with Crippen LogP contribution in [0.25, 0.3) is 0 Å². The third-order valence-corrected chi connectivity index (χ3v) is 4.42. The van der Waals surface area contributed by atoms with E-state index in [4.69, 9.17) is 0 Å². The van der Waals surface area contributed by atoms with Gasteiger partial charge in [0.25, 0.3) is 0 Å². The molecule has 0 saturated carbocycles. The van der Waals surface area contributed by atoms with Gasteiger partial charge in [-0.05, 0) is 23.8 Å². The van der Waals surface area contributed by atoms with Crippen molar-refractivity contribution in [1.29, 1.82) is 0 Å². The zero-order valence-electron chi connectivity index (χ0n) is 9.71. The number of nitrogens with one attached hydrogen (secondary N) is 2. The van der Waals surface area contributed by atoms with Crippen LogP contribution in [0.4, 0.5) is 0 Å². The Labute approximate surface area is 102 Å². The number of thioether (sulfide) groups is 1. The van der Waals surface area contributed by atoms with Crippen LogP contribution in [0.15, 0.2) is 0 Å². The van der Waals surface area contributed by atoms with Gasteiger partial charge < -0.3 is 10.6 Å². The number of nitrogens with zero attached hydrogens (tertiary/aromatic N) is 1. The third-order valence-electron chi connectivity index (χ3n) is 3.19. The minimum absolute atomic E-state index is 0.193. The normalized spacial score (nSPS) is 26.9. The zero-order chi connectivity index (χ0) is 11.2. The lowest BCUT2D eigenvalue weighted by atomic mass is 10.1. The number of amides is 1. The molecule has 2 fully saturated rings. The van der Waals surface area contributed by atoms with Gasteiger partial charge in [0, 0.05) is 32.7 Å². The number of rotatable bonds is 4. The highest BCUT2D eigenvalue weighted by molar-refractivity contribution is 7.99. The fraction of sp³-hybridized carbons (Fsp3) is 0.909. The molecule has 0 spiro atoms. The highest BCUT2D eigenvalue weighted by atomic mass is 32.2. The molecular weight excluding hydrogens is 222 g/mol. The molecule has 0 radical (unpaired) electrons. The molecule has 1 amide bonds. The van der Waals surface area contributed by atoms with Crippen LogP contribution in [0.2, 0.25) is 0 Å². The molecule has 0 aromatic carbocycles. The van der Waals surface area contributed by atoms with E-state index in [0.717, 1.165) is 32.7 Å². The second kappa shape index (κ2) is 6.47. The largest absolute Gasteiger partial charge is 0.355 e. The predicted molar refractivity (Wildman–Crippen MR) is 67.8 cm³/mol. The zero-order valence-corrected chi connectivity index (χ0v) is 10.5. The van der Waals surface area contributed by atoms with Crippen LogP contribution >= 0.6 is 11.8 Å². The highest BCUT2D eigenvalue weighted by Crippen LogP contribution is 2.22. The number of carbonyl (C=O) groups is 1. The quantitative estimate of drug-likeness (QED) is 0.715. The molecule has 2 N–H and O–H groups in total. The molecule has 1 atom stereocenters. The van der Waals surface area contributed by atoms with Crippen LogP contribution in [0.3, 0.4) is 0 Å². The molecular formula is C11H21N3OS. The van der Waals surface area contributed by atoms with Gasteiger partial charge in [-0.2, -0.15) is 11.8 Å². The van der Waals surface area contributed by atoms with Crippen molar-refractivity contribution in [2.45, 2.75) is 6.42 Å². The minimum atomic E-state index is 0.193. The Balaban J connectivity index is 1.59. The maximum atomic E-state index is 11.7. The van der Waals surface area contributed by atoms with Crippen LogP contribution in [0.1, 0.15) is 6.42 Å². The summed E-state index contributed by atoms with van der Waals surface area (Å²) in [5, 5.41) is 6.35. The van der Waals surface area contributed by atoms with Crippen molar-refractivity contribution in [3.63, 3.8) is 0 Å². The number of piperazine rings is 1. The lowest BCUT2D eigenvalue weighted by molar-refractivity contribution is -0.122. The monoisotopic (exact) mass is 243 g/mol. The van der Waals surface area contributed by atoms with Crippen molar-refractivity contribution in [2.75, 3.05) is 50.8 Å². The maximum Gasteiger partial charge on any atom is 0.234 e. The molecule has 0 aromatic heterocycles. The van der Waals surface area contributed by atoms with E-state index >= 15 is 0 Å². The van der Waals surface area contributed by atoms with Gasteiger partial charge in [-0.25, -0.2) is 0 Å². The number of carbonyl (C=O) groups excluding carboxylic acids is 1. The Hall–Kier alpha value is -0.260. The number of hydrogen-bond donors (Lipinski definition) is 2. The van der Waals surface area contributed by atoms with Crippen LogP contribution in [-0.2, 0) is 4.79 Å². The van der Waals surface area contributed by atoms with Crippen molar-refractivity contribution in [2.24, 2.45) is 5.92 Å². The lowest BCUT2D eigenvalue weighted by Crippen LogP contribution is -2.48. The smallest absolute Gasteiger partial charge is 0.234 e. The molecule has 2 aliphatic rings. The summed E-state index contributed by atoms with van der Waals surface area (Å²) in [6.45, 7) is 5.44. The summed E-state index contributed by atoms with van der Waals surface area (Å²) in [6, 6.07) is 0. The van der Waals surface area contributed by atoms with E-state index in [1.807, 2.05) is 11.8 Å². The molecule has 5 heteroatoms. The van der Waals surface area contributed by atoms with Gasteiger partial charge in [0.15, 0.2) is 0 Å². The van der Waals surface area contributed by atoms with Crippen molar-refractivity contribution in [3.8, 4) is 0 Å². The summed E-state index contributed by atoms with van der Waals surface area (Å²) in [5.74, 6) is 3.38. The second-order valence-corrected chi connectivity index (χ2v) is 5.71. The Morgan fingerprint density at radius 1 is 1.44 bits per heavy atom. The second-order valence-electron chi connectivity index (χ2n) is 4.56. The van der Waals surface area contributed by atoms with Crippen LogP contribution < -0.4 is 10.6 Å². The first-order valence-corrected chi connectivity index (χ1v) is 7.27. The average molecular weight is 243 g/mol. The Morgan fingerprint density at radius 2 is 2.25 bits per heavy atom. The molecule has 2 aliphatic heterocycles. The SMILES string of the molecule is O=C(CN1CCNCC1)NCC1CCSC1. The molecule has 1 unspecified atom stereocenters. The first-order chi connectivity index (χ1) is 7.84. The van der Waals surface area contributed by atoms with Gasteiger partial charge in [-0.15, -0.1) is 0 Å². The molecule has 16 heavy (non-hydrogen) atoms. The fourth-order valence-electron chi connectivity index (χ4n) is 2.13. The van der Waals surface area contributed by atoms with E-state index in [1.54, 1.807) is 0 Å². The van der Waals surface area contributed by atoms with E-state index in [0.29, 0.717) is 12.5 Å². The molecule has 2 rings (SSSR count). The molecule has 0 bridgehead atoms. The fourth-order valence-corrected chi connectivity index (χ4v) is 3.42. The standard InChI is InChI=1S/C11H21N3OS/c15-11(8-14-4-2-12-3-5-14)13-7-10-1-6-16-9-10/h10,12H,1-9H2,(H,13,15). The van der Waals surface area contributed by atoms with Crippen LogP contribution in [-0.4, -0.2) is 61.6 Å². The van der Waals surface area contributed by atoms with Gasteiger partial charge in [0.05, 0.1) is 6.54 Å². The number of hydrogen-bond acceptors (Lipinski definition) is 4. The van der Waals surface area contributed by atoms with E-state index in [2.05, 4.69) is 15.5 Å². The summed E-state index contributed by atoms with van der Waals surface area (Å²) in [4.78, 5) is 13.9. The Bertz CT molecular complexity index is 225. The van der Waals surface area contributed by atoms with Gasteiger partial charge in [0.2, 0.25) is 5.91 Å². The summed E-state index contributed by atoms with van der Waals surface area (Å²) >= 11 is 2.00. The first kappa shape index (κ1) is 12.2. The average Bonchev–Trinajstić information content (AvgIpc) is 2.81. The summed E-state index contributed by atoms with van der Waals surface area (Å²) < 4.78 is 0. The van der Waals surface area contributed by atoms with Crippen molar-refractivity contribution < 1.29 is 4.79 Å². The maximum absolute atomic E-state index is 11.7. The van der Waals surface area contributed by atoms with E-state index in [1.165, 1.54) is 17.9 Å². The molecule has 4 nitrogen and oxygen atoms in total. The summed E-state index contributed by atoms with van der Waals surface area (Å²) in [6.07, 6.45) is 1.26. The van der Waals surface area contributed by atoms with E-state index < -0.39 is 0 Å². The van der Waals surface area contributed by atoms with Crippen LogP contribution in [0, 0.1) is 5.92 Å². The molecule has 0 aliphatic carbocycles. The van der Waals surface area contributed by atoms with E-state index in [9.17, 15) is 4.79 Å². The van der Waals surface area contributed by atoms with Crippen LogP contribution in [0.5, 0.6) is 0 Å². The molecule has 0 aromatic rings. The summed E-state index contributed by atoms with van der Waals surface area (Å²) in [7, 11) is 0. The summed E-state index contributed by atoms with van der Waals surface area (Å²) in [5.41, 5.74) is 0. The van der Waals surface area contributed by atoms with Crippen molar-refractivity contribution >= 4 is 17.7 Å². The van der Waals surface area contributed by atoms with Gasteiger partial charge in [0.1, 0.15) is 0 Å². The minimum Gasteiger partial charge on any atom is -0.355 e. The molecule has 2 saturated heterocycles. The Kier molecular flexibility index (Phi) is 4.93. The van der Waals surface area contributed by atoms with Crippen molar-refractivity contribution in [1.82, 2.24) is 15.5 Å². The van der Waals surface area contributed by atoms with Crippen molar-refractivity contribution in [3.05, 3.63) is 0 Å². The molecule has 2 heterocycles. The molecule has 92 valence electrons. The van der Waals surface area contributed by atoms with Gasteiger partial charge in [-0.1, -0.05) is 0 Å². The predicted octanol–water partition coefficient (Wildman–Crippen LogP) is -0.239. The highest BCUT2D eigenvalue weighted by Gasteiger charge is 2.17. The Morgan fingerprint density at radius 3 is 2.94 bits per heavy atom. The third kappa shape index (κ3) is 3.96. The van der Waals surface area contributed by atoms with Gasteiger partial charge >= 0.3 is 0 Å². The van der Waals surface area contributed by atoms with Gasteiger partial charge in [-0.3, -0.25) is 9.69 Å². The first-order valence-electron chi connectivity index (χ1n) is 6.12.